The third-order valence-electron chi connectivity index (χ3n) is 5.58. The molecule has 0 fully saturated rings. The number of carbonyl (C=O) groups excluding carboxylic acids is 1. The van der Waals surface area contributed by atoms with Crippen molar-refractivity contribution in [3.8, 4) is 0 Å². The van der Waals surface area contributed by atoms with Gasteiger partial charge >= 0.3 is 0 Å². The first-order chi connectivity index (χ1) is 13.2. The largest absolute Gasteiger partial charge is 0.326 e. The molecule has 0 spiro atoms. The van der Waals surface area contributed by atoms with Crippen LogP contribution in [-0.4, -0.2) is 23.5 Å². The van der Waals surface area contributed by atoms with Gasteiger partial charge in [-0.15, -0.1) is 0 Å². The van der Waals surface area contributed by atoms with Gasteiger partial charge in [-0.3, -0.25) is 4.79 Å². The number of carbonyl (C=O) groups is 1. The Hall–Kier alpha value is -3.14. The number of rotatable bonds is 2. The first-order valence-corrected chi connectivity index (χ1v) is 9.45. The van der Waals surface area contributed by atoms with Gasteiger partial charge in [-0.2, -0.15) is 0 Å². The molecule has 1 aromatic heterocycles. The lowest BCUT2D eigenvalue weighted by molar-refractivity contribution is 0.0981. The Bertz CT molecular complexity index is 1030. The highest BCUT2D eigenvalue weighted by Gasteiger charge is 2.31. The maximum Gasteiger partial charge on any atom is 0.258 e. The van der Waals surface area contributed by atoms with Crippen molar-refractivity contribution >= 4 is 23.1 Å². The zero-order valence-corrected chi connectivity index (χ0v) is 15.3. The summed E-state index contributed by atoms with van der Waals surface area (Å²) in [5, 5.41) is 0. The maximum absolute atomic E-state index is 13.3. The van der Waals surface area contributed by atoms with Crippen LogP contribution < -0.4 is 9.80 Å². The molecular formula is C23H21N3O. The molecular weight excluding hydrogens is 334 g/mol. The van der Waals surface area contributed by atoms with Crippen LogP contribution in [0.3, 0.4) is 0 Å². The zero-order valence-electron chi connectivity index (χ0n) is 15.3. The summed E-state index contributed by atoms with van der Waals surface area (Å²) in [4.78, 5) is 22.0. The second kappa shape index (κ2) is 6.23. The first kappa shape index (κ1) is 16.1. The second-order valence-corrected chi connectivity index (χ2v) is 7.29. The van der Waals surface area contributed by atoms with Crippen molar-refractivity contribution in [1.82, 2.24) is 4.98 Å². The number of aromatic nitrogens is 1. The minimum Gasteiger partial charge on any atom is -0.326 e. The Morgan fingerprint density at radius 1 is 1.00 bits per heavy atom. The highest BCUT2D eigenvalue weighted by atomic mass is 16.2. The molecule has 0 bridgehead atoms. The fraction of sp³-hybridized carbons (Fsp3) is 0.217. The number of anilines is 3. The van der Waals surface area contributed by atoms with Crippen LogP contribution in [0, 0.1) is 0 Å². The average molecular weight is 355 g/mol. The molecule has 2 aliphatic rings. The molecule has 0 saturated carbocycles. The molecule has 2 aliphatic heterocycles. The number of hydrogen-bond donors (Lipinski definition) is 0. The van der Waals surface area contributed by atoms with E-state index in [4.69, 9.17) is 0 Å². The lowest BCUT2D eigenvalue weighted by atomic mass is 10.1. The lowest BCUT2D eigenvalue weighted by Gasteiger charge is -2.24. The highest BCUT2D eigenvalue weighted by Crippen LogP contribution is 2.35. The molecule has 1 amide bonds. The SMILES string of the molecule is CC1Cc2ccccc2N1C(=O)c1ccnc(N2CCc3ccccc32)c1. The molecule has 0 saturated heterocycles. The van der Waals surface area contributed by atoms with Gasteiger partial charge in [0.15, 0.2) is 0 Å². The van der Waals surface area contributed by atoms with Crippen LogP contribution in [-0.2, 0) is 12.8 Å². The predicted octanol–water partition coefficient (Wildman–Crippen LogP) is 4.37. The monoisotopic (exact) mass is 355 g/mol. The van der Waals surface area contributed by atoms with Crippen molar-refractivity contribution in [2.24, 2.45) is 0 Å². The molecule has 4 nitrogen and oxygen atoms in total. The number of pyridine rings is 1. The van der Waals surface area contributed by atoms with Gasteiger partial charge in [0.1, 0.15) is 5.82 Å². The molecule has 4 heteroatoms. The first-order valence-electron chi connectivity index (χ1n) is 9.45. The zero-order chi connectivity index (χ0) is 18.4. The number of fused-ring (bicyclic) bond motifs is 2. The minimum atomic E-state index is 0.0450. The summed E-state index contributed by atoms with van der Waals surface area (Å²) in [5.74, 6) is 0.884. The standard InChI is InChI=1S/C23H21N3O/c1-16-14-18-7-3-5-9-21(18)26(16)23(27)19-10-12-24-22(15-19)25-13-11-17-6-2-4-8-20(17)25/h2-10,12,15-16H,11,13-14H2,1H3. The van der Waals surface area contributed by atoms with E-state index in [1.807, 2.05) is 35.2 Å². The van der Waals surface area contributed by atoms with Gasteiger partial charge in [0.2, 0.25) is 0 Å². The van der Waals surface area contributed by atoms with E-state index in [-0.39, 0.29) is 11.9 Å². The van der Waals surface area contributed by atoms with E-state index in [1.165, 1.54) is 16.8 Å². The van der Waals surface area contributed by atoms with Gasteiger partial charge in [-0.1, -0.05) is 36.4 Å². The quantitative estimate of drug-likeness (QED) is 0.685. The van der Waals surface area contributed by atoms with Crippen LogP contribution in [0.4, 0.5) is 17.2 Å². The Labute approximate surface area is 159 Å². The minimum absolute atomic E-state index is 0.0450. The molecule has 5 rings (SSSR count). The summed E-state index contributed by atoms with van der Waals surface area (Å²) in [6, 6.07) is 20.5. The van der Waals surface area contributed by atoms with Crippen molar-refractivity contribution in [2.75, 3.05) is 16.3 Å². The molecule has 2 aromatic carbocycles. The number of para-hydroxylation sites is 2. The third-order valence-corrected chi connectivity index (χ3v) is 5.58. The van der Waals surface area contributed by atoms with Gasteiger partial charge in [0.05, 0.1) is 0 Å². The topological polar surface area (TPSA) is 36.4 Å². The van der Waals surface area contributed by atoms with Crippen molar-refractivity contribution in [1.29, 1.82) is 0 Å². The van der Waals surface area contributed by atoms with E-state index in [0.29, 0.717) is 5.56 Å². The fourth-order valence-corrected chi connectivity index (χ4v) is 4.29. The highest BCUT2D eigenvalue weighted by molar-refractivity contribution is 6.08. The molecule has 0 radical (unpaired) electrons. The second-order valence-electron chi connectivity index (χ2n) is 7.29. The van der Waals surface area contributed by atoms with Crippen molar-refractivity contribution in [2.45, 2.75) is 25.8 Å². The Balaban J connectivity index is 1.49. The third kappa shape index (κ3) is 2.60. The van der Waals surface area contributed by atoms with Crippen LogP contribution in [0.1, 0.15) is 28.4 Å². The van der Waals surface area contributed by atoms with Crippen molar-refractivity contribution in [3.63, 3.8) is 0 Å². The van der Waals surface area contributed by atoms with Crippen LogP contribution in [0.2, 0.25) is 0 Å². The molecule has 0 N–H and O–H groups in total. The van der Waals surface area contributed by atoms with Gasteiger partial charge < -0.3 is 9.80 Å². The van der Waals surface area contributed by atoms with Crippen LogP contribution in [0.15, 0.2) is 66.9 Å². The molecule has 3 heterocycles. The average Bonchev–Trinajstić information content (AvgIpc) is 3.28. The van der Waals surface area contributed by atoms with Gasteiger partial charge in [-0.05, 0) is 55.2 Å². The molecule has 27 heavy (non-hydrogen) atoms. The molecule has 0 aliphatic carbocycles. The Kier molecular flexibility index (Phi) is 3.71. The Morgan fingerprint density at radius 2 is 1.74 bits per heavy atom. The normalized spacial score (nSPS) is 17.7. The van der Waals surface area contributed by atoms with E-state index < -0.39 is 0 Å². The number of benzene rings is 2. The van der Waals surface area contributed by atoms with E-state index >= 15 is 0 Å². The van der Waals surface area contributed by atoms with E-state index in [1.54, 1.807) is 6.20 Å². The molecule has 134 valence electrons. The molecule has 1 atom stereocenters. The number of hydrogen-bond acceptors (Lipinski definition) is 3. The lowest BCUT2D eigenvalue weighted by Crippen LogP contribution is -2.35. The van der Waals surface area contributed by atoms with Gasteiger partial charge in [-0.25, -0.2) is 4.98 Å². The van der Waals surface area contributed by atoms with Gasteiger partial charge in [0, 0.05) is 35.7 Å². The van der Waals surface area contributed by atoms with E-state index in [0.717, 1.165) is 30.9 Å². The van der Waals surface area contributed by atoms with Crippen LogP contribution >= 0.6 is 0 Å². The summed E-state index contributed by atoms with van der Waals surface area (Å²) in [6.45, 7) is 3.00. The summed E-state index contributed by atoms with van der Waals surface area (Å²) in [7, 11) is 0. The molecule has 1 unspecified atom stereocenters. The van der Waals surface area contributed by atoms with Crippen molar-refractivity contribution in [3.05, 3.63) is 83.6 Å². The predicted molar refractivity (Wildman–Crippen MR) is 108 cm³/mol. The number of amides is 1. The fourth-order valence-electron chi connectivity index (χ4n) is 4.29. The maximum atomic E-state index is 13.3. The Morgan fingerprint density at radius 3 is 2.59 bits per heavy atom. The van der Waals surface area contributed by atoms with E-state index in [9.17, 15) is 4.79 Å². The summed E-state index contributed by atoms with van der Waals surface area (Å²) < 4.78 is 0. The van der Waals surface area contributed by atoms with Crippen LogP contribution in [0.25, 0.3) is 0 Å². The van der Waals surface area contributed by atoms with Gasteiger partial charge in [0.25, 0.3) is 5.91 Å². The van der Waals surface area contributed by atoms with Crippen molar-refractivity contribution < 1.29 is 4.79 Å². The van der Waals surface area contributed by atoms with Crippen LogP contribution in [0.5, 0.6) is 0 Å². The van der Waals surface area contributed by atoms with E-state index in [2.05, 4.69) is 47.1 Å². The smallest absolute Gasteiger partial charge is 0.258 e. The summed E-state index contributed by atoms with van der Waals surface area (Å²) >= 11 is 0. The molecule has 3 aromatic rings. The summed E-state index contributed by atoms with van der Waals surface area (Å²) in [5.41, 5.74) is 5.47. The summed E-state index contributed by atoms with van der Waals surface area (Å²) in [6.07, 6.45) is 3.65. The number of nitrogens with zero attached hydrogens (tertiary/aromatic N) is 3.